The number of hydrogen-bond donors (Lipinski definition) is 1. The van der Waals surface area contributed by atoms with Crippen LogP contribution in [0.4, 0.5) is 0 Å². The molecule has 0 spiro atoms. The van der Waals surface area contributed by atoms with Gasteiger partial charge in [0.1, 0.15) is 5.75 Å². The first-order valence-electron chi connectivity index (χ1n) is 9.26. The maximum absolute atomic E-state index is 12.2. The van der Waals surface area contributed by atoms with E-state index in [0.717, 1.165) is 24.0 Å². The van der Waals surface area contributed by atoms with Gasteiger partial charge < -0.3 is 14.8 Å². The van der Waals surface area contributed by atoms with Crippen molar-refractivity contribution in [3.8, 4) is 5.75 Å². The Morgan fingerprint density at radius 1 is 1.03 bits per heavy atom. The minimum absolute atomic E-state index is 0.0471. The third-order valence-corrected chi connectivity index (χ3v) is 4.57. The fraction of sp³-hybridized carbons (Fsp3) is 0.318. The molecular formula is C22H24ClNO5. The third-order valence-electron chi connectivity index (χ3n) is 4.14. The van der Waals surface area contributed by atoms with Crippen LogP contribution in [0.1, 0.15) is 34.8 Å². The molecule has 0 unspecified atom stereocenters. The Hall–Kier alpha value is -2.86. The molecular weight excluding hydrogens is 394 g/mol. The van der Waals surface area contributed by atoms with Crippen molar-refractivity contribution in [2.45, 2.75) is 26.7 Å². The fourth-order valence-electron chi connectivity index (χ4n) is 2.53. The minimum Gasteiger partial charge on any atom is -0.482 e. The molecule has 0 aliphatic carbocycles. The molecule has 7 heteroatoms. The van der Waals surface area contributed by atoms with Crippen molar-refractivity contribution in [3.05, 3.63) is 64.2 Å². The van der Waals surface area contributed by atoms with Crippen LogP contribution in [0.5, 0.6) is 5.75 Å². The van der Waals surface area contributed by atoms with E-state index in [1.165, 1.54) is 6.92 Å². The van der Waals surface area contributed by atoms with E-state index in [-0.39, 0.29) is 24.9 Å². The predicted molar refractivity (Wildman–Crippen MR) is 110 cm³/mol. The van der Waals surface area contributed by atoms with Crippen LogP contribution in [0, 0.1) is 6.92 Å². The van der Waals surface area contributed by atoms with Crippen molar-refractivity contribution >= 4 is 29.3 Å². The van der Waals surface area contributed by atoms with Crippen LogP contribution in [0.2, 0.25) is 5.02 Å². The Bertz CT molecular complexity index is 864. The van der Waals surface area contributed by atoms with Gasteiger partial charge in [0.05, 0.1) is 0 Å². The molecule has 0 saturated heterocycles. The second kappa shape index (κ2) is 11.2. The van der Waals surface area contributed by atoms with Crippen molar-refractivity contribution in [2.24, 2.45) is 0 Å². The van der Waals surface area contributed by atoms with Gasteiger partial charge in [0.2, 0.25) is 5.91 Å². The number of amides is 1. The number of aryl methyl sites for hydroxylation is 2. The average Bonchev–Trinajstić information content (AvgIpc) is 2.70. The molecule has 1 N–H and O–H groups in total. The second-order valence-electron chi connectivity index (χ2n) is 6.57. The quantitative estimate of drug-likeness (QED) is 0.363. The number of ketones is 1. The smallest absolute Gasteiger partial charge is 0.344 e. The summed E-state index contributed by atoms with van der Waals surface area (Å²) in [5, 5.41) is 3.36. The Morgan fingerprint density at radius 3 is 2.41 bits per heavy atom. The molecule has 2 aromatic rings. The van der Waals surface area contributed by atoms with Gasteiger partial charge in [0.15, 0.2) is 19.0 Å². The van der Waals surface area contributed by atoms with E-state index < -0.39 is 5.97 Å². The summed E-state index contributed by atoms with van der Waals surface area (Å²) < 4.78 is 10.3. The van der Waals surface area contributed by atoms with E-state index in [1.807, 2.05) is 19.1 Å². The first kappa shape index (κ1) is 22.4. The summed E-state index contributed by atoms with van der Waals surface area (Å²) in [7, 11) is 0. The van der Waals surface area contributed by atoms with Crippen LogP contribution in [0.3, 0.4) is 0 Å². The molecule has 29 heavy (non-hydrogen) atoms. The summed E-state index contributed by atoms with van der Waals surface area (Å²) in [6.07, 6.45) is 1.61. The molecule has 0 fully saturated rings. The average molecular weight is 418 g/mol. The van der Waals surface area contributed by atoms with E-state index in [2.05, 4.69) is 5.32 Å². The lowest BCUT2D eigenvalue weighted by Gasteiger charge is -2.08. The molecule has 2 rings (SSSR count). The maximum Gasteiger partial charge on any atom is 0.344 e. The predicted octanol–water partition coefficient (Wildman–Crippen LogP) is 3.52. The summed E-state index contributed by atoms with van der Waals surface area (Å²) in [6, 6.07) is 12.2. The first-order chi connectivity index (χ1) is 13.8. The molecule has 6 nitrogen and oxygen atoms in total. The van der Waals surface area contributed by atoms with E-state index in [9.17, 15) is 14.4 Å². The number of nitrogens with one attached hydrogen (secondary N) is 1. The number of Topliss-reactive ketones (excluding diaryl/α,β-unsaturated/α-hetero) is 1. The van der Waals surface area contributed by atoms with Gasteiger partial charge in [-0.2, -0.15) is 0 Å². The fourth-order valence-corrected chi connectivity index (χ4v) is 2.65. The van der Waals surface area contributed by atoms with Crippen LogP contribution in [0.15, 0.2) is 42.5 Å². The molecule has 0 aromatic heterocycles. The Labute approximate surface area is 175 Å². The monoisotopic (exact) mass is 417 g/mol. The van der Waals surface area contributed by atoms with Crippen LogP contribution >= 0.6 is 11.6 Å². The van der Waals surface area contributed by atoms with Crippen molar-refractivity contribution in [2.75, 3.05) is 19.8 Å². The number of hydrogen-bond acceptors (Lipinski definition) is 5. The number of carbonyl (C=O) groups excluding carboxylic acids is 3. The van der Waals surface area contributed by atoms with Crippen LogP contribution in [-0.2, 0) is 20.7 Å². The summed E-state index contributed by atoms with van der Waals surface area (Å²) in [5.74, 6) is -0.454. The van der Waals surface area contributed by atoms with Gasteiger partial charge >= 0.3 is 5.97 Å². The van der Waals surface area contributed by atoms with E-state index in [0.29, 0.717) is 22.9 Å². The highest BCUT2D eigenvalue weighted by Gasteiger charge is 2.11. The molecule has 0 atom stereocenters. The third kappa shape index (κ3) is 7.95. The Balaban J connectivity index is 1.72. The van der Waals surface area contributed by atoms with E-state index >= 15 is 0 Å². The molecule has 0 saturated carbocycles. The van der Waals surface area contributed by atoms with Crippen molar-refractivity contribution in [3.63, 3.8) is 0 Å². The number of rotatable bonds is 10. The number of carbonyl (C=O) groups is 3. The molecule has 2 aromatic carbocycles. The van der Waals surface area contributed by atoms with E-state index in [4.69, 9.17) is 21.1 Å². The number of benzene rings is 2. The maximum atomic E-state index is 12.2. The first-order valence-corrected chi connectivity index (χ1v) is 9.64. The zero-order valence-corrected chi connectivity index (χ0v) is 17.3. The molecule has 0 heterocycles. The lowest BCUT2D eigenvalue weighted by atomic mass is 10.1. The number of halogens is 1. The van der Waals surface area contributed by atoms with Gasteiger partial charge in [0.25, 0.3) is 0 Å². The molecule has 0 radical (unpaired) electrons. The summed E-state index contributed by atoms with van der Waals surface area (Å²) in [4.78, 5) is 34.8. The highest BCUT2D eigenvalue weighted by Crippen LogP contribution is 2.20. The number of esters is 1. The second-order valence-corrected chi connectivity index (χ2v) is 6.97. The van der Waals surface area contributed by atoms with Gasteiger partial charge in [-0.05, 0) is 49.1 Å². The zero-order chi connectivity index (χ0) is 21.2. The SMILES string of the molecule is CC(=O)NCCCc1ccc(C(=O)COC(=O)COc2ccc(Cl)c(C)c2)cc1. The topological polar surface area (TPSA) is 81.7 Å². The molecule has 0 aliphatic heterocycles. The van der Waals surface area contributed by atoms with Crippen LogP contribution in [0.25, 0.3) is 0 Å². The highest BCUT2D eigenvalue weighted by molar-refractivity contribution is 6.31. The van der Waals surface area contributed by atoms with E-state index in [1.54, 1.807) is 30.3 Å². The normalized spacial score (nSPS) is 10.3. The molecule has 0 bridgehead atoms. The molecule has 154 valence electrons. The lowest BCUT2D eigenvalue weighted by Crippen LogP contribution is -2.21. The van der Waals surface area contributed by atoms with Gasteiger partial charge in [-0.1, -0.05) is 35.9 Å². The lowest BCUT2D eigenvalue weighted by molar-refractivity contribution is -0.144. The van der Waals surface area contributed by atoms with Crippen LogP contribution in [-0.4, -0.2) is 37.4 Å². The van der Waals surface area contributed by atoms with Crippen molar-refractivity contribution in [1.82, 2.24) is 5.32 Å². The van der Waals surface area contributed by atoms with Gasteiger partial charge in [-0.3, -0.25) is 9.59 Å². The minimum atomic E-state index is -0.624. The van der Waals surface area contributed by atoms with Crippen LogP contribution < -0.4 is 10.1 Å². The molecule has 1 amide bonds. The van der Waals surface area contributed by atoms with Crippen molar-refractivity contribution < 1.29 is 23.9 Å². The summed E-state index contributed by atoms with van der Waals surface area (Å²) in [6.45, 7) is 3.30. The molecule has 0 aliphatic rings. The Morgan fingerprint density at radius 2 is 1.76 bits per heavy atom. The Kier molecular flexibility index (Phi) is 8.68. The standard InChI is InChI=1S/C22H24ClNO5/c1-15-12-19(9-10-20(15)23)28-14-22(27)29-13-21(26)18-7-5-17(6-8-18)4-3-11-24-16(2)25/h5-10,12H,3-4,11,13-14H2,1-2H3,(H,24,25). The largest absolute Gasteiger partial charge is 0.482 e. The van der Waals surface area contributed by atoms with Gasteiger partial charge in [-0.15, -0.1) is 0 Å². The van der Waals surface area contributed by atoms with Gasteiger partial charge in [-0.25, -0.2) is 4.79 Å². The summed E-state index contributed by atoms with van der Waals surface area (Å²) >= 11 is 5.94. The highest BCUT2D eigenvalue weighted by atomic mass is 35.5. The summed E-state index contributed by atoms with van der Waals surface area (Å²) in [5.41, 5.74) is 2.37. The van der Waals surface area contributed by atoms with Gasteiger partial charge in [0, 0.05) is 24.1 Å². The van der Waals surface area contributed by atoms with Crippen molar-refractivity contribution in [1.29, 1.82) is 0 Å². The number of ether oxygens (including phenoxy) is 2. The zero-order valence-electron chi connectivity index (χ0n) is 16.5.